The fourth-order valence-electron chi connectivity index (χ4n) is 4.42. The van der Waals surface area contributed by atoms with Crippen LogP contribution in [0.2, 0.25) is 0 Å². The highest BCUT2D eigenvalue weighted by atomic mass is 32.2. The predicted octanol–water partition coefficient (Wildman–Crippen LogP) is 2.35. The molecule has 2 aliphatic rings. The molecule has 140 valence electrons. The van der Waals surface area contributed by atoms with E-state index in [9.17, 15) is 8.42 Å². The molecule has 0 unspecified atom stereocenters. The van der Waals surface area contributed by atoms with E-state index >= 15 is 0 Å². The largest absolute Gasteiger partial charge is 0.384 e. The predicted molar refractivity (Wildman–Crippen MR) is 102 cm³/mol. The molecular formula is C20H25NO4S. The maximum Gasteiger partial charge on any atom is 0.212 e. The number of aryl methyl sites for hydroxylation is 1. The van der Waals surface area contributed by atoms with Gasteiger partial charge in [-0.05, 0) is 29.2 Å². The Morgan fingerprint density at radius 2 is 2.00 bits per heavy atom. The Morgan fingerprint density at radius 3 is 2.85 bits per heavy atom. The molecule has 2 aromatic rings. The summed E-state index contributed by atoms with van der Waals surface area (Å²) in [6.07, 6.45) is 1.56. The van der Waals surface area contributed by atoms with E-state index in [0.717, 1.165) is 22.8 Å². The minimum atomic E-state index is -3.36. The van der Waals surface area contributed by atoms with Crippen molar-refractivity contribution in [1.82, 2.24) is 4.72 Å². The van der Waals surface area contributed by atoms with Crippen LogP contribution in [0.5, 0.6) is 0 Å². The van der Waals surface area contributed by atoms with Crippen LogP contribution in [0.25, 0.3) is 10.8 Å². The lowest BCUT2D eigenvalue weighted by molar-refractivity contribution is -0.0775. The second kappa shape index (κ2) is 7.27. The second-order valence-electron chi connectivity index (χ2n) is 7.26. The van der Waals surface area contributed by atoms with Crippen LogP contribution in [0.1, 0.15) is 12.0 Å². The number of benzene rings is 2. The highest BCUT2D eigenvalue weighted by molar-refractivity contribution is 7.89. The van der Waals surface area contributed by atoms with Crippen LogP contribution < -0.4 is 4.72 Å². The Kier molecular flexibility index (Phi) is 5.01. The van der Waals surface area contributed by atoms with Gasteiger partial charge in [0.15, 0.2) is 0 Å². The standard InChI is InChI=1S/C20H25NO4S/c1-24-13-18-19(17-9-11-25-20(17)18)21-26(22,23)12-10-15-7-4-6-14-5-2-3-8-16(14)15/h2-8,17-21H,9-13H2,1H3/t17-,18+,19-,20-/m1/s1. The van der Waals surface area contributed by atoms with E-state index in [1.165, 1.54) is 0 Å². The summed E-state index contributed by atoms with van der Waals surface area (Å²) in [4.78, 5) is 0. The van der Waals surface area contributed by atoms with Crippen LogP contribution in [-0.4, -0.2) is 46.6 Å². The Morgan fingerprint density at radius 1 is 1.19 bits per heavy atom. The summed E-state index contributed by atoms with van der Waals surface area (Å²) >= 11 is 0. The fraction of sp³-hybridized carbons (Fsp3) is 0.500. The van der Waals surface area contributed by atoms with Gasteiger partial charge in [-0.3, -0.25) is 0 Å². The minimum Gasteiger partial charge on any atom is -0.384 e. The van der Waals surface area contributed by atoms with Gasteiger partial charge >= 0.3 is 0 Å². The monoisotopic (exact) mass is 375 g/mol. The summed E-state index contributed by atoms with van der Waals surface area (Å²) in [6, 6.07) is 14.1. The quantitative estimate of drug-likeness (QED) is 0.807. The van der Waals surface area contributed by atoms with Crippen molar-refractivity contribution in [1.29, 1.82) is 0 Å². The number of hydrogen-bond donors (Lipinski definition) is 1. The molecule has 1 aliphatic heterocycles. The Balaban J connectivity index is 1.44. The first-order valence-electron chi connectivity index (χ1n) is 9.16. The van der Waals surface area contributed by atoms with Gasteiger partial charge < -0.3 is 9.47 Å². The molecule has 1 saturated carbocycles. The van der Waals surface area contributed by atoms with Gasteiger partial charge in [0.1, 0.15) is 0 Å². The fourth-order valence-corrected chi connectivity index (χ4v) is 5.79. The van der Waals surface area contributed by atoms with Crippen molar-refractivity contribution in [3.63, 3.8) is 0 Å². The van der Waals surface area contributed by atoms with Gasteiger partial charge in [0, 0.05) is 31.6 Å². The Hall–Kier alpha value is -1.47. The third-order valence-electron chi connectivity index (χ3n) is 5.72. The van der Waals surface area contributed by atoms with Gasteiger partial charge in [-0.15, -0.1) is 0 Å². The van der Waals surface area contributed by atoms with E-state index in [2.05, 4.69) is 16.9 Å². The number of nitrogens with one attached hydrogen (secondary N) is 1. The lowest BCUT2D eigenvalue weighted by Crippen LogP contribution is -2.62. The molecule has 0 radical (unpaired) electrons. The van der Waals surface area contributed by atoms with E-state index in [0.29, 0.717) is 19.6 Å². The molecule has 5 nitrogen and oxygen atoms in total. The van der Waals surface area contributed by atoms with Crippen LogP contribution in [0.4, 0.5) is 0 Å². The summed E-state index contributed by atoms with van der Waals surface area (Å²) in [5.41, 5.74) is 1.07. The number of rotatable bonds is 7. The first kappa shape index (κ1) is 17.9. The summed E-state index contributed by atoms with van der Waals surface area (Å²) in [7, 11) is -1.71. The lowest BCUT2D eigenvalue weighted by atomic mass is 9.68. The number of hydrogen-bond acceptors (Lipinski definition) is 4. The minimum absolute atomic E-state index is 0.0695. The van der Waals surface area contributed by atoms with Crippen LogP contribution in [0.3, 0.4) is 0 Å². The smallest absolute Gasteiger partial charge is 0.212 e. The van der Waals surface area contributed by atoms with Crippen LogP contribution in [0.15, 0.2) is 42.5 Å². The summed E-state index contributed by atoms with van der Waals surface area (Å²) < 4.78 is 39.3. The van der Waals surface area contributed by atoms with Crippen LogP contribution in [-0.2, 0) is 25.9 Å². The van der Waals surface area contributed by atoms with Crippen molar-refractivity contribution in [3.05, 3.63) is 48.0 Å². The third-order valence-corrected chi connectivity index (χ3v) is 7.10. The molecule has 1 aliphatic carbocycles. The molecule has 26 heavy (non-hydrogen) atoms. The molecular weight excluding hydrogens is 350 g/mol. The third kappa shape index (κ3) is 3.39. The highest BCUT2D eigenvalue weighted by Gasteiger charge is 2.54. The number of sulfonamides is 1. The SMILES string of the molecule is COC[C@H]1[C@H](NS(=O)(=O)CCc2cccc3ccccc23)[C@H]2CCO[C@H]21. The molecule has 4 rings (SSSR count). The highest BCUT2D eigenvalue weighted by Crippen LogP contribution is 2.44. The van der Waals surface area contributed by atoms with Crippen LogP contribution >= 0.6 is 0 Å². The van der Waals surface area contributed by atoms with Crippen LogP contribution in [0, 0.1) is 11.8 Å². The zero-order chi connectivity index (χ0) is 18.1. The van der Waals surface area contributed by atoms with E-state index in [1.807, 2.05) is 30.3 Å². The molecule has 0 spiro atoms. The number of fused-ring (bicyclic) bond motifs is 2. The summed E-state index contributed by atoms with van der Waals surface area (Å²) in [5, 5.41) is 2.26. The van der Waals surface area contributed by atoms with E-state index < -0.39 is 10.0 Å². The molecule has 4 atom stereocenters. The normalized spacial score (nSPS) is 28.0. The molecule has 2 fully saturated rings. The van der Waals surface area contributed by atoms with Gasteiger partial charge in [-0.2, -0.15) is 0 Å². The molecule has 0 aromatic heterocycles. The first-order chi connectivity index (χ1) is 12.6. The molecule has 6 heteroatoms. The Labute approximate surface area is 154 Å². The Bertz CT molecular complexity index is 877. The number of ether oxygens (including phenoxy) is 2. The molecule has 0 bridgehead atoms. The molecule has 0 amide bonds. The van der Waals surface area contributed by atoms with Crippen molar-refractivity contribution in [2.75, 3.05) is 26.1 Å². The maximum absolute atomic E-state index is 12.7. The second-order valence-corrected chi connectivity index (χ2v) is 9.13. The van der Waals surface area contributed by atoms with Gasteiger partial charge in [-0.25, -0.2) is 13.1 Å². The van der Waals surface area contributed by atoms with Gasteiger partial charge in [0.2, 0.25) is 10.0 Å². The molecule has 1 heterocycles. The first-order valence-corrected chi connectivity index (χ1v) is 10.8. The summed E-state index contributed by atoms with van der Waals surface area (Å²) in [6.45, 7) is 1.24. The zero-order valence-electron chi connectivity index (χ0n) is 14.9. The van der Waals surface area contributed by atoms with Crippen molar-refractivity contribution < 1.29 is 17.9 Å². The zero-order valence-corrected chi connectivity index (χ0v) is 15.7. The average molecular weight is 375 g/mol. The van der Waals surface area contributed by atoms with E-state index in [1.54, 1.807) is 7.11 Å². The average Bonchev–Trinajstić information content (AvgIpc) is 3.07. The van der Waals surface area contributed by atoms with Crippen molar-refractivity contribution in [3.8, 4) is 0 Å². The van der Waals surface area contributed by atoms with Gasteiger partial charge in [-0.1, -0.05) is 42.5 Å². The number of methoxy groups -OCH3 is 1. The van der Waals surface area contributed by atoms with Gasteiger partial charge in [0.05, 0.1) is 18.5 Å². The van der Waals surface area contributed by atoms with E-state index in [-0.39, 0.29) is 29.7 Å². The molecule has 1 saturated heterocycles. The molecule has 2 aromatic carbocycles. The van der Waals surface area contributed by atoms with Crippen molar-refractivity contribution in [2.45, 2.75) is 25.0 Å². The van der Waals surface area contributed by atoms with E-state index in [4.69, 9.17) is 9.47 Å². The topological polar surface area (TPSA) is 64.6 Å². The van der Waals surface area contributed by atoms with Crippen molar-refractivity contribution in [2.24, 2.45) is 11.8 Å². The maximum atomic E-state index is 12.7. The van der Waals surface area contributed by atoms with Crippen molar-refractivity contribution >= 4 is 20.8 Å². The lowest BCUT2D eigenvalue weighted by Gasteiger charge is -2.47. The molecule has 1 N–H and O–H groups in total. The van der Waals surface area contributed by atoms with Gasteiger partial charge in [0.25, 0.3) is 0 Å². The summed E-state index contributed by atoms with van der Waals surface area (Å²) in [5.74, 6) is 0.484.